The Bertz CT molecular complexity index is 995. The van der Waals surface area contributed by atoms with Crippen LogP contribution in [-0.2, 0) is 11.2 Å². The minimum atomic E-state index is 0.197. The number of rotatable bonds is 4. The Kier molecular flexibility index (Phi) is 5.11. The predicted octanol–water partition coefficient (Wildman–Crippen LogP) is 3.74. The molecule has 0 radical (unpaired) electrons. The molecule has 1 atom stereocenters. The first-order valence-corrected chi connectivity index (χ1v) is 10.2. The minimum absolute atomic E-state index is 0.197. The van der Waals surface area contributed by atoms with Gasteiger partial charge in [0.15, 0.2) is 5.82 Å². The first-order valence-electron chi connectivity index (χ1n) is 10.2. The highest BCUT2D eigenvalue weighted by Crippen LogP contribution is 2.23. The van der Waals surface area contributed by atoms with Crippen LogP contribution in [0.3, 0.4) is 0 Å². The summed E-state index contributed by atoms with van der Waals surface area (Å²) in [5.41, 5.74) is 3.72. The number of benzene rings is 1. The minimum Gasteiger partial charge on any atom is -0.339 e. The smallest absolute Gasteiger partial charge is 0.253 e. The van der Waals surface area contributed by atoms with Gasteiger partial charge in [-0.05, 0) is 39.5 Å². The molecule has 0 unspecified atom stereocenters. The Morgan fingerprint density at radius 1 is 1.14 bits per heavy atom. The normalized spacial score (nSPS) is 17.2. The number of aromatic nitrogens is 4. The van der Waals surface area contributed by atoms with Gasteiger partial charge in [0.05, 0.1) is 6.42 Å². The highest BCUT2D eigenvalue weighted by molar-refractivity contribution is 5.80. The molecule has 3 aromatic rings. The highest BCUT2D eigenvalue weighted by Gasteiger charge is 2.26. The van der Waals surface area contributed by atoms with Crippen LogP contribution in [0.1, 0.15) is 49.6 Å². The molecule has 146 valence electrons. The molecule has 0 spiro atoms. The summed E-state index contributed by atoms with van der Waals surface area (Å²) in [5, 5.41) is 4.65. The van der Waals surface area contributed by atoms with Gasteiger partial charge in [-0.25, -0.2) is 9.50 Å². The summed E-state index contributed by atoms with van der Waals surface area (Å²) in [4.78, 5) is 24.4. The molecule has 1 fully saturated rings. The maximum absolute atomic E-state index is 13.1. The Morgan fingerprint density at radius 3 is 2.68 bits per heavy atom. The van der Waals surface area contributed by atoms with Crippen molar-refractivity contribution < 1.29 is 4.79 Å². The number of hydrogen-bond acceptors (Lipinski definition) is 4. The molecule has 4 rings (SSSR count). The first kappa shape index (κ1) is 18.6. The molecule has 28 heavy (non-hydrogen) atoms. The van der Waals surface area contributed by atoms with Crippen LogP contribution in [0, 0.1) is 13.8 Å². The second-order valence-corrected chi connectivity index (χ2v) is 7.60. The summed E-state index contributed by atoms with van der Waals surface area (Å²) in [7, 11) is 0. The van der Waals surface area contributed by atoms with E-state index in [4.69, 9.17) is 0 Å². The SMILES string of the molecule is CC[C@@H]1CCCCN1C(=O)Cc1c(C)nc2nc(-c3ccccc3)nn2c1C. The lowest BCUT2D eigenvalue weighted by molar-refractivity contribution is -0.134. The van der Waals surface area contributed by atoms with Crippen molar-refractivity contribution in [2.45, 2.75) is 58.9 Å². The van der Waals surface area contributed by atoms with Gasteiger partial charge in [0, 0.05) is 35.1 Å². The zero-order valence-electron chi connectivity index (χ0n) is 16.9. The standard InChI is InChI=1S/C22H27N5O/c1-4-18-12-8-9-13-26(18)20(28)14-19-15(2)23-22-24-21(25-27(22)16(19)3)17-10-6-5-7-11-17/h5-7,10-11,18H,4,8-9,12-14H2,1-3H3/t18-/m1/s1. The summed E-state index contributed by atoms with van der Waals surface area (Å²) in [6, 6.07) is 10.3. The third-order valence-corrected chi connectivity index (χ3v) is 5.83. The molecule has 1 saturated heterocycles. The molecular formula is C22H27N5O. The number of carbonyl (C=O) groups excluding carboxylic acids is 1. The van der Waals surface area contributed by atoms with E-state index < -0.39 is 0 Å². The van der Waals surface area contributed by atoms with Gasteiger partial charge < -0.3 is 4.90 Å². The summed E-state index contributed by atoms with van der Waals surface area (Å²) >= 11 is 0. The van der Waals surface area contributed by atoms with Crippen LogP contribution in [0.5, 0.6) is 0 Å². The maximum Gasteiger partial charge on any atom is 0.253 e. The lowest BCUT2D eigenvalue weighted by Crippen LogP contribution is -2.44. The van der Waals surface area contributed by atoms with Crippen LogP contribution in [0.15, 0.2) is 30.3 Å². The van der Waals surface area contributed by atoms with E-state index in [2.05, 4.69) is 26.9 Å². The zero-order chi connectivity index (χ0) is 19.7. The van der Waals surface area contributed by atoms with Crippen molar-refractivity contribution in [2.24, 2.45) is 0 Å². The predicted molar refractivity (Wildman–Crippen MR) is 109 cm³/mol. The molecule has 6 nitrogen and oxygen atoms in total. The van der Waals surface area contributed by atoms with Gasteiger partial charge in [0.25, 0.3) is 5.78 Å². The second-order valence-electron chi connectivity index (χ2n) is 7.60. The van der Waals surface area contributed by atoms with Crippen LogP contribution < -0.4 is 0 Å². The Balaban J connectivity index is 1.66. The number of piperidine rings is 1. The number of hydrogen-bond donors (Lipinski definition) is 0. The number of aryl methyl sites for hydroxylation is 2. The molecule has 3 heterocycles. The molecule has 1 aliphatic rings. The van der Waals surface area contributed by atoms with Crippen molar-refractivity contribution in [2.75, 3.05) is 6.54 Å². The third-order valence-electron chi connectivity index (χ3n) is 5.83. The van der Waals surface area contributed by atoms with E-state index in [-0.39, 0.29) is 5.91 Å². The van der Waals surface area contributed by atoms with Gasteiger partial charge in [0.1, 0.15) is 0 Å². The molecule has 2 aromatic heterocycles. The molecule has 0 saturated carbocycles. The van der Waals surface area contributed by atoms with E-state index in [0.29, 0.717) is 24.1 Å². The fraction of sp³-hybridized carbons (Fsp3) is 0.455. The van der Waals surface area contributed by atoms with Crippen molar-refractivity contribution >= 4 is 11.7 Å². The Hall–Kier alpha value is -2.76. The summed E-state index contributed by atoms with van der Waals surface area (Å²) in [6.45, 7) is 6.99. The molecule has 0 bridgehead atoms. The lowest BCUT2D eigenvalue weighted by Gasteiger charge is -2.35. The largest absolute Gasteiger partial charge is 0.339 e. The monoisotopic (exact) mass is 377 g/mol. The van der Waals surface area contributed by atoms with Gasteiger partial charge in [-0.2, -0.15) is 4.98 Å². The topological polar surface area (TPSA) is 63.4 Å². The maximum atomic E-state index is 13.1. The number of nitrogens with zero attached hydrogens (tertiary/aromatic N) is 5. The van der Waals surface area contributed by atoms with Gasteiger partial charge in [-0.3, -0.25) is 4.79 Å². The molecular weight excluding hydrogens is 350 g/mol. The molecule has 1 aliphatic heterocycles. The van der Waals surface area contributed by atoms with E-state index in [1.807, 2.05) is 44.2 Å². The van der Waals surface area contributed by atoms with Gasteiger partial charge >= 0.3 is 0 Å². The quantitative estimate of drug-likeness (QED) is 0.695. The van der Waals surface area contributed by atoms with E-state index in [1.165, 1.54) is 6.42 Å². The van der Waals surface area contributed by atoms with Crippen molar-refractivity contribution in [3.8, 4) is 11.4 Å². The molecule has 1 aromatic carbocycles. The number of fused-ring (bicyclic) bond motifs is 1. The fourth-order valence-corrected chi connectivity index (χ4v) is 4.18. The van der Waals surface area contributed by atoms with Crippen molar-refractivity contribution in [3.63, 3.8) is 0 Å². The third kappa shape index (κ3) is 3.39. The zero-order valence-corrected chi connectivity index (χ0v) is 16.9. The average molecular weight is 377 g/mol. The van der Waals surface area contributed by atoms with E-state index in [1.54, 1.807) is 4.52 Å². The molecule has 6 heteroatoms. The first-order chi connectivity index (χ1) is 13.6. The molecule has 1 amide bonds. The summed E-state index contributed by atoms with van der Waals surface area (Å²) in [5.74, 6) is 1.43. The van der Waals surface area contributed by atoms with Crippen LogP contribution in [0.25, 0.3) is 17.2 Å². The highest BCUT2D eigenvalue weighted by atomic mass is 16.2. The van der Waals surface area contributed by atoms with Crippen molar-refractivity contribution in [1.29, 1.82) is 0 Å². The summed E-state index contributed by atoms with van der Waals surface area (Å²) in [6.07, 6.45) is 4.82. The second kappa shape index (κ2) is 7.70. The van der Waals surface area contributed by atoms with Gasteiger partial charge in [-0.1, -0.05) is 37.3 Å². The number of amides is 1. The van der Waals surface area contributed by atoms with Gasteiger partial charge in [0.2, 0.25) is 5.91 Å². The van der Waals surface area contributed by atoms with Crippen LogP contribution in [-0.4, -0.2) is 43.0 Å². The van der Waals surface area contributed by atoms with E-state index in [0.717, 1.165) is 48.3 Å². The summed E-state index contributed by atoms with van der Waals surface area (Å²) < 4.78 is 1.77. The fourth-order valence-electron chi connectivity index (χ4n) is 4.18. The number of likely N-dealkylation sites (tertiary alicyclic amines) is 1. The lowest BCUT2D eigenvalue weighted by atomic mass is 9.98. The van der Waals surface area contributed by atoms with Crippen LogP contribution in [0.4, 0.5) is 0 Å². The van der Waals surface area contributed by atoms with Crippen molar-refractivity contribution in [3.05, 3.63) is 47.3 Å². The van der Waals surface area contributed by atoms with E-state index >= 15 is 0 Å². The van der Waals surface area contributed by atoms with Crippen molar-refractivity contribution in [1.82, 2.24) is 24.5 Å². The van der Waals surface area contributed by atoms with Gasteiger partial charge in [-0.15, -0.1) is 5.10 Å². The molecule has 0 aliphatic carbocycles. The average Bonchev–Trinajstić information content (AvgIpc) is 3.15. The number of carbonyl (C=O) groups is 1. The molecule has 0 N–H and O–H groups in total. The Morgan fingerprint density at radius 2 is 1.93 bits per heavy atom. The van der Waals surface area contributed by atoms with Crippen LogP contribution in [0.2, 0.25) is 0 Å². The Labute approximate surface area is 165 Å². The van der Waals surface area contributed by atoms with E-state index in [9.17, 15) is 4.79 Å². The van der Waals surface area contributed by atoms with Crippen LogP contribution >= 0.6 is 0 Å².